The van der Waals surface area contributed by atoms with Crippen LogP contribution >= 0.6 is 15.9 Å². The zero-order chi connectivity index (χ0) is 22.1. The van der Waals surface area contributed by atoms with Gasteiger partial charge >= 0.3 is 0 Å². The standard InChI is InChI=1S/C27H28BrNO2/c1-16(2)20-10-7-11-21(17(3)4)26(20)29-27(30)25-22-9-6-5-8-18(22)15-31-24-13-12-19(28)14-23(24)25/h5-14,16-17,25H,15H2,1-4H3,(H,29,30)/t25-/m0/s1. The summed E-state index contributed by atoms with van der Waals surface area (Å²) in [5, 5.41) is 3.33. The molecule has 0 fully saturated rings. The monoisotopic (exact) mass is 477 g/mol. The van der Waals surface area contributed by atoms with Gasteiger partial charge in [-0.1, -0.05) is 86.1 Å². The molecule has 3 aromatic rings. The quantitative estimate of drug-likeness (QED) is 0.426. The lowest BCUT2D eigenvalue weighted by Crippen LogP contribution is -2.24. The molecule has 1 aliphatic rings. The first kappa shape index (κ1) is 21.6. The minimum absolute atomic E-state index is 0.0349. The lowest BCUT2D eigenvalue weighted by Gasteiger charge is -2.24. The summed E-state index contributed by atoms with van der Waals surface area (Å²) in [5.74, 6) is 0.875. The molecule has 3 nitrogen and oxygen atoms in total. The van der Waals surface area contributed by atoms with Crippen molar-refractivity contribution in [2.75, 3.05) is 5.32 Å². The number of rotatable bonds is 4. The van der Waals surface area contributed by atoms with Gasteiger partial charge in [0.2, 0.25) is 5.91 Å². The van der Waals surface area contributed by atoms with Crippen molar-refractivity contribution >= 4 is 27.5 Å². The number of anilines is 1. The highest BCUT2D eigenvalue weighted by atomic mass is 79.9. The second-order valence-electron chi connectivity index (χ2n) is 8.71. The molecule has 4 heteroatoms. The van der Waals surface area contributed by atoms with Crippen molar-refractivity contribution in [3.63, 3.8) is 0 Å². The average Bonchev–Trinajstić information content (AvgIpc) is 2.89. The zero-order valence-corrected chi connectivity index (χ0v) is 20.0. The number of benzene rings is 3. The lowest BCUT2D eigenvalue weighted by atomic mass is 9.87. The number of hydrogen-bond acceptors (Lipinski definition) is 2. The molecule has 1 atom stereocenters. The fraction of sp³-hybridized carbons (Fsp3) is 0.296. The summed E-state index contributed by atoms with van der Waals surface area (Å²) in [4.78, 5) is 13.9. The third-order valence-electron chi connectivity index (χ3n) is 5.92. The van der Waals surface area contributed by atoms with E-state index in [1.54, 1.807) is 0 Å². The molecule has 0 spiro atoms. The molecule has 0 saturated heterocycles. The summed E-state index contributed by atoms with van der Waals surface area (Å²) in [7, 11) is 0. The van der Waals surface area contributed by atoms with Crippen molar-refractivity contribution in [3.8, 4) is 5.75 Å². The second-order valence-corrected chi connectivity index (χ2v) is 9.63. The molecule has 0 unspecified atom stereocenters. The maximum absolute atomic E-state index is 13.9. The Bertz CT molecular complexity index is 1090. The molecule has 31 heavy (non-hydrogen) atoms. The fourth-order valence-corrected chi connectivity index (χ4v) is 4.70. The summed E-state index contributed by atoms with van der Waals surface area (Å²) in [5.41, 5.74) is 6.17. The minimum atomic E-state index is -0.452. The van der Waals surface area contributed by atoms with Crippen molar-refractivity contribution < 1.29 is 9.53 Å². The normalized spacial score (nSPS) is 15.1. The van der Waals surface area contributed by atoms with Gasteiger partial charge in [-0.05, 0) is 52.3 Å². The highest BCUT2D eigenvalue weighted by Gasteiger charge is 2.31. The number of carbonyl (C=O) groups excluding carboxylic acids is 1. The molecule has 1 amide bonds. The van der Waals surface area contributed by atoms with Gasteiger partial charge in [0, 0.05) is 15.7 Å². The van der Waals surface area contributed by atoms with Crippen molar-refractivity contribution in [1.82, 2.24) is 0 Å². The zero-order valence-electron chi connectivity index (χ0n) is 18.4. The second kappa shape index (κ2) is 8.88. The smallest absolute Gasteiger partial charge is 0.236 e. The van der Waals surface area contributed by atoms with Gasteiger partial charge in [-0.25, -0.2) is 0 Å². The number of nitrogens with one attached hydrogen (secondary N) is 1. The Labute approximate surface area is 193 Å². The minimum Gasteiger partial charge on any atom is -0.489 e. The third-order valence-corrected chi connectivity index (χ3v) is 6.41. The van der Waals surface area contributed by atoms with Gasteiger partial charge in [-0.2, -0.15) is 0 Å². The maximum atomic E-state index is 13.9. The van der Waals surface area contributed by atoms with Gasteiger partial charge in [-0.15, -0.1) is 0 Å². The highest BCUT2D eigenvalue weighted by Crippen LogP contribution is 2.40. The van der Waals surface area contributed by atoms with Crippen LogP contribution in [0.1, 0.15) is 73.3 Å². The number of halogens is 1. The van der Waals surface area contributed by atoms with E-state index >= 15 is 0 Å². The van der Waals surface area contributed by atoms with Gasteiger partial charge in [0.25, 0.3) is 0 Å². The molecule has 0 saturated carbocycles. The molecule has 1 heterocycles. The van der Waals surface area contributed by atoms with Gasteiger partial charge in [-0.3, -0.25) is 4.79 Å². The van der Waals surface area contributed by atoms with Crippen molar-refractivity contribution in [3.05, 3.63) is 93.0 Å². The van der Waals surface area contributed by atoms with E-state index in [0.717, 1.165) is 43.7 Å². The van der Waals surface area contributed by atoms with E-state index in [0.29, 0.717) is 18.4 Å². The van der Waals surface area contributed by atoms with Crippen molar-refractivity contribution in [2.24, 2.45) is 0 Å². The van der Waals surface area contributed by atoms with Crippen LogP contribution in [0.25, 0.3) is 0 Å². The molecule has 0 aliphatic carbocycles. The third kappa shape index (κ3) is 4.27. The Kier molecular flexibility index (Phi) is 6.19. The number of para-hydroxylation sites is 1. The number of ether oxygens (including phenoxy) is 1. The Hall–Kier alpha value is -2.59. The molecule has 0 bridgehead atoms. The molecule has 1 N–H and O–H groups in total. The van der Waals surface area contributed by atoms with Gasteiger partial charge in [0.1, 0.15) is 12.4 Å². The van der Waals surface area contributed by atoms with Gasteiger partial charge in [0.15, 0.2) is 0 Å². The van der Waals surface area contributed by atoms with E-state index < -0.39 is 5.92 Å². The SMILES string of the molecule is CC(C)c1cccc(C(C)C)c1NC(=O)[C@H]1c2ccccc2COc2ccc(Br)cc21. The molecular formula is C27H28BrNO2. The Morgan fingerprint density at radius 2 is 1.61 bits per heavy atom. The van der Waals surface area contributed by atoms with E-state index in [2.05, 4.69) is 67.1 Å². The van der Waals surface area contributed by atoms with E-state index in [4.69, 9.17) is 4.74 Å². The van der Waals surface area contributed by atoms with Crippen LogP contribution in [0.2, 0.25) is 0 Å². The predicted molar refractivity (Wildman–Crippen MR) is 130 cm³/mol. The van der Waals surface area contributed by atoms with Crippen LogP contribution in [0, 0.1) is 0 Å². The summed E-state index contributed by atoms with van der Waals surface area (Å²) in [6.45, 7) is 9.10. The average molecular weight is 478 g/mol. The van der Waals surface area contributed by atoms with Gasteiger partial charge < -0.3 is 10.1 Å². The molecule has 4 rings (SSSR count). The molecule has 160 valence electrons. The predicted octanol–water partition coefficient (Wildman–Crippen LogP) is 7.36. The van der Waals surface area contributed by atoms with Crippen LogP contribution in [0.15, 0.2) is 65.1 Å². The topological polar surface area (TPSA) is 38.3 Å². The summed E-state index contributed by atoms with van der Waals surface area (Å²) >= 11 is 3.57. The molecule has 0 radical (unpaired) electrons. The number of fused-ring (bicyclic) bond motifs is 2. The van der Waals surface area contributed by atoms with Crippen LogP contribution in [0.3, 0.4) is 0 Å². The molecule has 1 aliphatic heterocycles. The van der Waals surface area contributed by atoms with Crippen LogP contribution in [-0.4, -0.2) is 5.91 Å². The summed E-state index contributed by atoms with van der Waals surface area (Å²) in [6, 6.07) is 20.3. The van der Waals surface area contributed by atoms with Crippen LogP contribution in [0.5, 0.6) is 5.75 Å². The van der Waals surface area contributed by atoms with Crippen molar-refractivity contribution in [1.29, 1.82) is 0 Å². The highest BCUT2D eigenvalue weighted by molar-refractivity contribution is 9.10. The first-order valence-corrected chi connectivity index (χ1v) is 11.6. The number of carbonyl (C=O) groups is 1. The van der Waals surface area contributed by atoms with Crippen LogP contribution < -0.4 is 10.1 Å². The van der Waals surface area contributed by atoms with E-state index in [-0.39, 0.29) is 5.91 Å². The Morgan fingerprint density at radius 3 is 2.29 bits per heavy atom. The summed E-state index contributed by atoms with van der Waals surface area (Å²) in [6.07, 6.45) is 0. The molecular weight excluding hydrogens is 450 g/mol. The van der Waals surface area contributed by atoms with E-state index in [1.807, 2.05) is 42.5 Å². The first-order chi connectivity index (χ1) is 14.9. The van der Waals surface area contributed by atoms with Crippen LogP contribution in [-0.2, 0) is 11.4 Å². The molecule has 3 aromatic carbocycles. The lowest BCUT2D eigenvalue weighted by molar-refractivity contribution is -0.116. The van der Waals surface area contributed by atoms with Crippen molar-refractivity contribution in [2.45, 2.75) is 52.1 Å². The first-order valence-electron chi connectivity index (χ1n) is 10.8. The Morgan fingerprint density at radius 1 is 0.935 bits per heavy atom. The van der Waals surface area contributed by atoms with Crippen LogP contribution in [0.4, 0.5) is 5.69 Å². The largest absolute Gasteiger partial charge is 0.489 e. The number of amides is 1. The summed E-state index contributed by atoms with van der Waals surface area (Å²) < 4.78 is 7.01. The number of hydrogen-bond donors (Lipinski definition) is 1. The van der Waals surface area contributed by atoms with E-state index in [1.165, 1.54) is 0 Å². The molecule has 0 aromatic heterocycles. The Balaban J connectivity index is 1.84. The van der Waals surface area contributed by atoms with Gasteiger partial charge in [0.05, 0.1) is 5.92 Å². The maximum Gasteiger partial charge on any atom is 0.236 e. The van der Waals surface area contributed by atoms with E-state index in [9.17, 15) is 4.79 Å². The fourth-order valence-electron chi connectivity index (χ4n) is 4.32.